The fraction of sp³-hybridized carbons (Fsp3) is 0.0769. The Kier molecular flexibility index (Phi) is 4.39. The topological polar surface area (TPSA) is 72.0 Å². The third-order valence-corrected chi connectivity index (χ3v) is 3.17. The Bertz CT molecular complexity index is 601. The summed E-state index contributed by atoms with van der Waals surface area (Å²) in [6, 6.07) is 8.75. The summed E-state index contributed by atoms with van der Waals surface area (Å²) in [5, 5.41) is 7.74. The van der Waals surface area contributed by atoms with Crippen LogP contribution in [-0.4, -0.2) is 10.8 Å². The van der Waals surface area contributed by atoms with E-state index in [1.807, 2.05) is 12.1 Å². The van der Waals surface area contributed by atoms with E-state index >= 15 is 0 Å². The Morgan fingerprint density at radius 1 is 1.37 bits per heavy atom. The molecule has 1 heterocycles. The van der Waals surface area contributed by atoms with Gasteiger partial charge in [-0.2, -0.15) is 0 Å². The molecule has 2 rings (SSSR count). The van der Waals surface area contributed by atoms with E-state index in [2.05, 4.69) is 20.9 Å². The highest BCUT2D eigenvalue weighted by Crippen LogP contribution is 2.26. The summed E-state index contributed by atoms with van der Waals surface area (Å²) in [6.45, 7) is 0.326. The number of nitrogen functional groups attached to an aromatic ring is 1. The molecule has 19 heavy (non-hydrogen) atoms. The zero-order chi connectivity index (χ0) is 13.8. The first kappa shape index (κ1) is 13.8. The van der Waals surface area contributed by atoms with Crippen molar-refractivity contribution >= 4 is 33.4 Å². The quantitative estimate of drug-likeness (QED) is 0.662. The molecule has 4 nitrogen and oxygen atoms in total. The van der Waals surface area contributed by atoms with Gasteiger partial charge in [0.1, 0.15) is 18.2 Å². The van der Waals surface area contributed by atoms with Gasteiger partial charge in [0.25, 0.3) is 0 Å². The summed E-state index contributed by atoms with van der Waals surface area (Å²) in [4.78, 5) is 4.20. The molecule has 0 spiro atoms. The van der Waals surface area contributed by atoms with Crippen molar-refractivity contribution < 1.29 is 4.74 Å². The lowest BCUT2D eigenvalue weighted by molar-refractivity contribution is 0.301. The number of hydrogen-bond acceptors (Lipinski definition) is 3. The van der Waals surface area contributed by atoms with Gasteiger partial charge in [-0.15, -0.1) is 0 Å². The number of ether oxygens (including phenoxy) is 1. The van der Waals surface area contributed by atoms with Crippen molar-refractivity contribution in [1.82, 2.24) is 4.98 Å². The van der Waals surface area contributed by atoms with E-state index in [4.69, 9.17) is 27.5 Å². The number of rotatable bonds is 4. The molecule has 0 unspecified atom stereocenters. The second-order valence-electron chi connectivity index (χ2n) is 3.82. The minimum atomic E-state index is -0.0250. The van der Waals surface area contributed by atoms with Gasteiger partial charge in [-0.1, -0.05) is 11.6 Å². The highest BCUT2D eigenvalue weighted by molar-refractivity contribution is 9.10. The average molecular weight is 341 g/mol. The molecule has 0 fully saturated rings. The summed E-state index contributed by atoms with van der Waals surface area (Å²) in [6.07, 6.45) is 1.71. The number of nitrogens with one attached hydrogen (secondary N) is 1. The van der Waals surface area contributed by atoms with E-state index in [0.717, 1.165) is 10.2 Å². The molecule has 98 valence electrons. The third-order valence-electron chi connectivity index (χ3n) is 2.41. The summed E-state index contributed by atoms with van der Waals surface area (Å²) < 4.78 is 6.49. The van der Waals surface area contributed by atoms with Crippen molar-refractivity contribution in [3.63, 3.8) is 0 Å². The predicted molar refractivity (Wildman–Crippen MR) is 78.7 cm³/mol. The van der Waals surface area contributed by atoms with Gasteiger partial charge in [0.15, 0.2) is 0 Å². The molecule has 0 aliphatic rings. The number of pyridine rings is 1. The lowest BCUT2D eigenvalue weighted by Crippen LogP contribution is -2.10. The molecule has 1 aromatic carbocycles. The first-order valence-corrected chi connectivity index (χ1v) is 6.60. The Balaban J connectivity index is 2.07. The fourth-order valence-corrected chi connectivity index (χ4v) is 1.90. The average Bonchev–Trinajstić information content (AvgIpc) is 2.39. The molecule has 0 saturated heterocycles. The summed E-state index contributed by atoms with van der Waals surface area (Å²) >= 11 is 9.38. The molecular weight excluding hydrogens is 330 g/mol. The van der Waals surface area contributed by atoms with Crippen LogP contribution in [0.25, 0.3) is 0 Å². The molecule has 0 saturated carbocycles. The van der Waals surface area contributed by atoms with Crippen LogP contribution in [0.1, 0.15) is 11.3 Å². The minimum absolute atomic E-state index is 0.0250. The molecule has 2 aromatic rings. The Morgan fingerprint density at radius 2 is 2.16 bits per heavy atom. The third kappa shape index (κ3) is 3.68. The van der Waals surface area contributed by atoms with Crippen LogP contribution in [0.3, 0.4) is 0 Å². The predicted octanol–water partition coefficient (Wildman–Crippen LogP) is 3.36. The van der Waals surface area contributed by atoms with Crippen molar-refractivity contribution in [2.24, 2.45) is 5.73 Å². The molecular formula is C13H11BrClN3O. The van der Waals surface area contributed by atoms with E-state index in [1.54, 1.807) is 24.4 Å². The fourth-order valence-electron chi connectivity index (χ4n) is 1.43. The lowest BCUT2D eigenvalue weighted by atomic mass is 10.2. The van der Waals surface area contributed by atoms with E-state index in [1.165, 1.54) is 0 Å². The van der Waals surface area contributed by atoms with Crippen LogP contribution in [0.5, 0.6) is 5.75 Å². The first-order chi connectivity index (χ1) is 9.06. The summed E-state index contributed by atoms with van der Waals surface area (Å²) in [5.74, 6) is 0.513. The number of benzene rings is 1. The second-order valence-corrected chi connectivity index (χ2v) is 5.14. The van der Waals surface area contributed by atoms with Gasteiger partial charge in [-0.25, -0.2) is 0 Å². The molecule has 0 radical (unpaired) electrons. The van der Waals surface area contributed by atoms with Crippen LogP contribution >= 0.6 is 27.5 Å². The lowest BCUT2D eigenvalue weighted by Gasteiger charge is -2.09. The summed E-state index contributed by atoms with van der Waals surface area (Å²) in [5.41, 5.74) is 6.75. The number of nitrogens with two attached hydrogens (primary N) is 1. The van der Waals surface area contributed by atoms with Crippen molar-refractivity contribution in [3.05, 3.63) is 57.3 Å². The molecule has 0 amide bonds. The van der Waals surface area contributed by atoms with Crippen LogP contribution in [0, 0.1) is 5.41 Å². The molecule has 6 heteroatoms. The zero-order valence-electron chi connectivity index (χ0n) is 9.86. The van der Waals surface area contributed by atoms with Crippen LogP contribution in [-0.2, 0) is 6.61 Å². The van der Waals surface area contributed by atoms with Crippen LogP contribution < -0.4 is 10.5 Å². The van der Waals surface area contributed by atoms with Gasteiger partial charge in [-0.3, -0.25) is 10.4 Å². The van der Waals surface area contributed by atoms with Gasteiger partial charge in [0.2, 0.25) is 0 Å². The Hall–Kier alpha value is -1.59. The number of aromatic nitrogens is 1. The Morgan fingerprint density at radius 3 is 2.74 bits per heavy atom. The standard InChI is InChI=1S/C13H11BrClN3O/c14-9-2-3-10(18-6-9)7-19-12-4-1-8(13(16)17)5-11(12)15/h1-6H,7H2,(H3,16,17). The minimum Gasteiger partial charge on any atom is -0.486 e. The van der Waals surface area contributed by atoms with E-state index < -0.39 is 0 Å². The van der Waals surface area contributed by atoms with Crippen molar-refractivity contribution in [1.29, 1.82) is 5.41 Å². The van der Waals surface area contributed by atoms with Gasteiger partial charge in [-0.05, 0) is 46.3 Å². The second kappa shape index (κ2) is 6.04. The molecule has 0 aliphatic carbocycles. The van der Waals surface area contributed by atoms with E-state index in [0.29, 0.717) is 22.9 Å². The van der Waals surface area contributed by atoms with Gasteiger partial charge < -0.3 is 10.5 Å². The van der Waals surface area contributed by atoms with E-state index in [9.17, 15) is 0 Å². The monoisotopic (exact) mass is 339 g/mol. The van der Waals surface area contributed by atoms with Crippen molar-refractivity contribution in [2.45, 2.75) is 6.61 Å². The number of halogens is 2. The van der Waals surface area contributed by atoms with Gasteiger partial charge in [0.05, 0.1) is 10.7 Å². The van der Waals surface area contributed by atoms with Gasteiger partial charge in [0, 0.05) is 16.2 Å². The SMILES string of the molecule is N=C(N)c1ccc(OCc2ccc(Br)cn2)c(Cl)c1. The number of nitrogens with zero attached hydrogens (tertiary/aromatic N) is 1. The van der Waals surface area contributed by atoms with Crippen molar-refractivity contribution in [3.8, 4) is 5.75 Å². The molecule has 0 bridgehead atoms. The largest absolute Gasteiger partial charge is 0.486 e. The maximum Gasteiger partial charge on any atom is 0.138 e. The molecule has 0 aliphatic heterocycles. The highest BCUT2D eigenvalue weighted by atomic mass is 79.9. The van der Waals surface area contributed by atoms with Crippen molar-refractivity contribution in [2.75, 3.05) is 0 Å². The smallest absolute Gasteiger partial charge is 0.138 e. The summed E-state index contributed by atoms with van der Waals surface area (Å²) in [7, 11) is 0. The van der Waals surface area contributed by atoms with Gasteiger partial charge >= 0.3 is 0 Å². The molecule has 1 aromatic heterocycles. The zero-order valence-corrected chi connectivity index (χ0v) is 12.2. The first-order valence-electron chi connectivity index (χ1n) is 5.43. The van der Waals surface area contributed by atoms with Crippen LogP contribution in [0.4, 0.5) is 0 Å². The molecule has 3 N–H and O–H groups in total. The Labute approximate surface area is 124 Å². The van der Waals surface area contributed by atoms with Crippen LogP contribution in [0.15, 0.2) is 41.0 Å². The number of hydrogen-bond donors (Lipinski definition) is 2. The normalized spacial score (nSPS) is 10.2. The highest BCUT2D eigenvalue weighted by Gasteiger charge is 2.05. The number of amidine groups is 1. The van der Waals surface area contributed by atoms with E-state index in [-0.39, 0.29) is 5.84 Å². The maximum absolute atomic E-state index is 7.32. The molecule has 0 atom stereocenters. The van der Waals surface area contributed by atoms with Crippen LogP contribution in [0.2, 0.25) is 5.02 Å². The maximum atomic E-state index is 7.32.